The highest BCUT2D eigenvalue weighted by atomic mass is 19.4. The van der Waals surface area contributed by atoms with Crippen LogP contribution in [0.15, 0.2) is 48.5 Å². The molecule has 0 unspecified atom stereocenters. The van der Waals surface area contributed by atoms with Gasteiger partial charge >= 0.3 is 6.18 Å². The second kappa shape index (κ2) is 10.1. The third-order valence-corrected chi connectivity index (χ3v) is 4.30. The summed E-state index contributed by atoms with van der Waals surface area (Å²) >= 11 is 0. The van der Waals surface area contributed by atoms with Crippen LogP contribution in [0.4, 0.5) is 18.9 Å². The minimum atomic E-state index is -4.60. The van der Waals surface area contributed by atoms with E-state index in [1.165, 1.54) is 30.2 Å². The highest BCUT2D eigenvalue weighted by Crippen LogP contribution is 2.34. The van der Waals surface area contributed by atoms with Gasteiger partial charge in [-0.25, -0.2) is 0 Å². The number of hydrogen-bond acceptors (Lipinski definition) is 3. The van der Waals surface area contributed by atoms with Crippen LogP contribution in [0.3, 0.4) is 0 Å². The number of carbonyl (C=O) groups is 2. The molecule has 0 spiro atoms. The Bertz CT molecular complexity index is 836. The van der Waals surface area contributed by atoms with Crippen molar-refractivity contribution in [3.05, 3.63) is 65.2 Å². The molecule has 0 atom stereocenters. The Labute approximate surface area is 167 Å². The van der Waals surface area contributed by atoms with E-state index in [0.717, 1.165) is 18.1 Å². The van der Waals surface area contributed by atoms with Crippen molar-refractivity contribution >= 4 is 17.5 Å². The molecule has 0 fully saturated rings. The number of ether oxygens (including phenoxy) is 1. The first-order chi connectivity index (χ1) is 13.8. The molecule has 0 aromatic heterocycles. The summed E-state index contributed by atoms with van der Waals surface area (Å²) in [7, 11) is 1.46. The number of amides is 2. The number of para-hydroxylation sites is 1. The third-order valence-electron chi connectivity index (χ3n) is 4.30. The second-order valence-corrected chi connectivity index (χ2v) is 6.36. The molecule has 0 saturated carbocycles. The van der Waals surface area contributed by atoms with Gasteiger partial charge < -0.3 is 15.0 Å². The number of halogens is 3. The van der Waals surface area contributed by atoms with E-state index in [-0.39, 0.29) is 18.8 Å². The largest absolute Gasteiger partial charge is 0.418 e. The summed E-state index contributed by atoms with van der Waals surface area (Å²) in [6, 6.07) is 11.7. The lowest BCUT2D eigenvalue weighted by Gasteiger charge is -2.22. The molecule has 0 aliphatic heterocycles. The van der Waals surface area contributed by atoms with Crippen LogP contribution in [-0.2, 0) is 22.1 Å². The summed E-state index contributed by atoms with van der Waals surface area (Å²) in [5, 5.41) is 2.25. The highest BCUT2D eigenvalue weighted by molar-refractivity contribution is 5.99. The summed E-state index contributed by atoms with van der Waals surface area (Å²) < 4.78 is 44.3. The molecule has 5 nitrogen and oxygen atoms in total. The van der Waals surface area contributed by atoms with E-state index in [2.05, 4.69) is 5.32 Å². The summed E-state index contributed by atoms with van der Waals surface area (Å²) in [6.45, 7) is 1.90. The van der Waals surface area contributed by atoms with Crippen LogP contribution < -0.4 is 5.32 Å². The van der Waals surface area contributed by atoms with E-state index in [1.54, 1.807) is 12.1 Å². The van der Waals surface area contributed by atoms with Crippen molar-refractivity contribution in [2.24, 2.45) is 0 Å². The minimum absolute atomic E-state index is 0.124. The number of anilines is 1. The Morgan fingerprint density at radius 1 is 1.07 bits per heavy atom. The first-order valence-corrected chi connectivity index (χ1v) is 9.09. The SMILES string of the molecule is CCc1ccc(C(=O)N(CCOC)CC(=O)Nc2ccccc2C(F)(F)F)cc1. The maximum atomic E-state index is 13.1. The number of rotatable bonds is 8. The first kappa shape index (κ1) is 22.4. The molecule has 0 heterocycles. The molecule has 156 valence electrons. The average Bonchev–Trinajstić information content (AvgIpc) is 2.70. The van der Waals surface area contributed by atoms with Gasteiger partial charge in [0, 0.05) is 19.2 Å². The molecule has 0 saturated heterocycles. The van der Waals surface area contributed by atoms with Gasteiger partial charge in [-0.1, -0.05) is 31.2 Å². The standard InChI is InChI=1S/C21H23F3N2O3/c1-3-15-8-10-16(11-9-15)20(28)26(12-13-29-2)14-19(27)25-18-7-5-4-6-17(18)21(22,23)24/h4-11H,3,12-14H2,1-2H3,(H,25,27). The van der Waals surface area contributed by atoms with Crippen molar-refractivity contribution in [2.75, 3.05) is 32.1 Å². The molecular formula is C21H23F3N2O3. The fourth-order valence-electron chi connectivity index (χ4n) is 2.72. The second-order valence-electron chi connectivity index (χ2n) is 6.36. The number of benzene rings is 2. The van der Waals surface area contributed by atoms with E-state index < -0.39 is 30.1 Å². The van der Waals surface area contributed by atoms with E-state index in [1.807, 2.05) is 19.1 Å². The molecule has 2 aromatic rings. The molecule has 8 heteroatoms. The van der Waals surface area contributed by atoms with Crippen LogP contribution in [-0.4, -0.2) is 43.5 Å². The number of alkyl halides is 3. The topological polar surface area (TPSA) is 58.6 Å². The number of nitrogens with one attached hydrogen (secondary N) is 1. The molecule has 29 heavy (non-hydrogen) atoms. The normalized spacial score (nSPS) is 11.2. The van der Waals surface area contributed by atoms with Gasteiger partial charge in [0.1, 0.15) is 6.54 Å². The lowest BCUT2D eigenvalue weighted by molar-refractivity contribution is -0.137. The fourth-order valence-corrected chi connectivity index (χ4v) is 2.72. The number of nitrogens with zero attached hydrogens (tertiary/aromatic N) is 1. The van der Waals surface area contributed by atoms with Gasteiger partial charge in [-0.05, 0) is 36.2 Å². The summed E-state index contributed by atoms with van der Waals surface area (Å²) in [5.41, 5.74) is 0.156. The van der Waals surface area contributed by atoms with Crippen molar-refractivity contribution in [3.63, 3.8) is 0 Å². The molecule has 0 radical (unpaired) electrons. The Morgan fingerprint density at radius 3 is 2.31 bits per heavy atom. The highest BCUT2D eigenvalue weighted by Gasteiger charge is 2.33. The molecule has 1 N–H and O–H groups in total. The Morgan fingerprint density at radius 2 is 1.72 bits per heavy atom. The van der Waals surface area contributed by atoms with Gasteiger partial charge in [0.15, 0.2) is 0 Å². The zero-order valence-electron chi connectivity index (χ0n) is 16.3. The van der Waals surface area contributed by atoms with Crippen molar-refractivity contribution in [1.29, 1.82) is 0 Å². The molecule has 0 aliphatic carbocycles. The van der Waals surface area contributed by atoms with Crippen LogP contribution in [0.1, 0.15) is 28.4 Å². The lowest BCUT2D eigenvalue weighted by Crippen LogP contribution is -2.40. The van der Waals surface area contributed by atoms with Crippen molar-refractivity contribution in [3.8, 4) is 0 Å². The van der Waals surface area contributed by atoms with Crippen molar-refractivity contribution < 1.29 is 27.5 Å². The fraction of sp³-hybridized carbons (Fsp3) is 0.333. The maximum Gasteiger partial charge on any atom is 0.418 e. The summed E-state index contributed by atoms with van der Waals surface area (Å²) in [5.74, 6) is -1.12. The smallest absolute Gasteiger partial charge is 0.383 e. The monoisotopic (exact) mass is 408 g/mol. The van der Waals surface area contributed by atoms with Crippen LogP contribution in [0, 0.1) is 0 Å². The van der Waals surface area contributed by atoms with Crippen LogP contribution >= 0.6 is 0 Å². The van der Waals surface area contributed by atoms with E-state index in [4.69, 9.17) is 4.74 Å². The zero-order chi connectivity index (χ0) is 21.4. The van der Waals surface area contributed by atoms with Gasteiger partial charge in [-0.15, -0.1) is 0 Å². The zero-order valence-corrected chi connectivity index (χ0v) is 16.3. The molecule has 2 aromatic carbocycles. The van der Waals surface area contributed by atoms with Gasteiger partial charge in [0.05, 0.1) is 17.9 Å². The Hall–Kier alpha value is -2.87. The van der Waals surface area contributed by atoms with Crippen LogP contribution in [0.5, 0.6) is 0 Å². The Kier molecular flexibility index (Phi) is 7.78. The van der Waals surface area contributed by atoms with Crippen LogP contribution in [0.25, 0.3) is 0 Å². The molecule has 2 rings (SSSR count). The van der Waals surface area contributed by atoms with Gasteiger partial charge in [-0.3, -0.25) is 9.59 Å². The van der Waals surface area contributed by atoms with Crippen LogP contribution in [0.2, 0.25) is 0 Å². The predicted octanol–water partition coefficient (Wildman–Crippen LogP) is 4.00. The molecule has 0 bridgehead atoms. The molecule has 0 aliphatic rings. The molecule has 2 amide bonds. The maximum absolute atomic E-state index is 13.1. The summed E-state index contributed by atoms with van der Waals surface area (Å²) in [4.78, 5) is 26.4. The lowest BCUT2D eigenvalue weighted by atomic mass is 10.1. The molecular weight excluding hydrogens is 385 g/mol. The number of methoxy groups -OCH3 is 1. The summed E-state index contributed by atoms with van der Waals surface area (Å²) in [6.07, 6.45) is -3.78. The average molecular weight is 408 g/mol. The third kappa shape index (κ3) is 6.32. The minimum Gasteiger partial charge on any atom is -0.383 e. The number of aryl methyl sites for hydroxylation is 1. The van der Waals surface area contributed by atoms with Crippen molar-refractivity contribution in [1.82, 2.24) is 4.90 Å². The van der Waals surface area contributed by atoms with E-state index in [0.29, 0.717) is 5.56 Å². The quantitative estimate of drug-likeness (QED) is 0.719. The number of carbonyl (C=O) groups excluding carboxylic acids is 2. The van der Waals surface area contributed by atoms with E-state index >= 15 is 0 Å². The number of hydrogen-bond donors (Lipinski definition) is 1. The van der Waals surface area contributed by atoms with Gasteiger partial charge in [-0.2, -0.15) is 13.2 Å². The predicted molar refractivity (Wildman–Crippen MR) is 104 cm³/mol. The van der Waals surface area contributed by atoms with Gasteiger partial charge in [0.2, 0.25) is 5.91 Å². The van der Waals surface area contributed by atoms with E-state index in [9.17, 15) is 22.8 Å². The first-order valence-electron chi connectivity index (χ1n) is 9.09. The van der Waals surface area contributed by atoms with Gasteiger partial charge in [0.25, 0.3) is 5.91 Å². The Balaban J connectivity index is 2.15. The van der Waals surface area contributed by atoms with Crippen molar-refractivity contribution in [2.45, 2.75) is 19.5 Å².